The first-order valence-corrected chi connectivity index (χ1v) is 7.74. The van der Waals surface area contributed by atoms with Crippen molar-refractivity contribution in [3.05, 3.63) is 40.4 Å². The molecule has 0 bridgehead atoms. The fourth-order valence-corrected chi connectivity index (χ4v) is 2.61. The Kier molecular flexibility index (Phi) is 4.96. The number of nitrogens with zero attached hydrogens (tertiary/aromatic N) is 1. The van der Waals surface area contributed by atoms with E-state index < -0.39 is 0 Å². The summed E-state index contributed by atoms with van der Waals surface area (Å²) < 4.78 is 5.48. The highest BCUT2D eigenvalue weighted by Gasteiger charge is 2.08. The van der Waals surface area contributed by atoms with E-state index in [1.165, 1.54) is 16.9 Å². The van der Waals surface area contributed by atoms with Gasteiger partial charge < -0.3 is 4.74 Å². The van der Waals surface area contributed by atoms with Gasteiger partial charge in [-0.25, -0.2) is 4.98 Å². The third-order valence-corrected chi connectivity index (χ3v) is 4.18. The molecule has 1 aromatic carbocycles. The standard InChI is InChI=1S/C16H20N2O2S/c1-10(2)13-5-7-14(8-6-13)20-9-15(19)18-16-17-11(3)12(4)21-16/h5-8,10H,9H2,1-4H3,(H,17,18,19). The minimum absolute atomic E-state index is 0.0152. The van der Waals surface area contributed by atoms with Gasteiger partial charge in [0.25, 0.3) is 5.91 Å². The van der Waals surface area contributed by atoms with Gasteiger partial charge in [-0.05, 0) is 37.5 Å². The molecule has 0 saturated carbocycles. The van der Waals surface area contributed by atoms with Gasteiger partial charge in [0, 0.05) is 4.88 Å². The Morgan fingerprint density at radius 2 is 1.95 bits per heavy atom. The molecule has 0 radical (unpaired) electrons. The van der Waals surface area contributed by atoms with E-state index >= 15 is 0 Å². The number of amides is 1. The predicted octanol–water partition coefficient (Wildman–Crippen LogP) is 3.90. The number of hydrogen-bond donors (Lipinski definition) is 1. The number of anilines is 1. The molecule has 0 atom stereocenters. The summed E-state index contributed by atoms with van der Waals surface area (Å²) in [5.74, 6) is 0.983. The summed E-state index contributed by atoms with van der Waals surface area (Å²) in [6.07, 6.45) is 0. The number of nitrogens with one attached hydrogen (secondary N) is 1. The molecule has 112 valence electrons. The zero-order chi connectivity index (χ0) is 15.4. The van der Waals surface area contributed by atoms with Crippen LogP contribution < -0.4 is 10.1 Å². The van der Waals surface area contributed by atoms with E-state index in [-0.39, 0.29) is 12.5 Å². The Morgan fingerprint density at radius 3 is 2.48 bits per heavy atom. The maximum absolute atomic E-state index is 11.8. The number of benzene rings is 1. The third kappa shape index (κ3) is 4.29. The Bertz CT molecular complexity index is 598. The van der Waals surface area contributed by atoms with Crippen molar-refractivity contribution in [2.75, 3.05) is 11.9 Å². The largest absolute Gasteiger partial charge is 0.484 e. The van der Waals surface area contributed by atoms with Crippen molar-refractivity contribution in [2.45, 2.75) is 33.6 Å². The summed E-state index contributed by atoms with van der Waals surface area (Å²) in [4.78, 5) is 17.2. The lowest BCUT2D eigenvalue weighted by atomic mass is 10.0. The van der Waals surface area contributed by atoms with Gasteiger partial charge in [-0.15, -0.1) is 11.3 Å². The van der Waals surface area contributed by atoms with Crippen LogP contribution in [0.3, 0.4) is 0 Å². The molecule has 0 unspecified atom stereocenters. The van der Waals surface area contributed by atoms with Crippen molar-refractivity contribution in [1.29, 1.82) is 0 Å². The van der Waals surface area contributed by atoms with Crippen LogP contribution in [0.25, 0.3) is 0 Å². The second-order valence-electron chi connectivity index (χ2n) is 5.22. The molecule has 0 aliphatic rings. The zero-order valence-corrected chi connectivity index (χ0v) is 13.6. The Morgan fingerprint density at radius 1 is 1.29 bits per heavy atom. The first-order valence-electron chi connectivity index (χ1n) is 6.92. The van der Waals surface area contributed by atoms with E-state index in [1.807, 2.05) is 38.1 Å². The van der Waals surface area contributed by atoms with Crippen LogP contribution in [0, 0.1) is 13.8 Å². The lowest BCUT2D eigenvalue weighted by Crippen LogP contribution is -2.20. The molecule has 2 aromatic rings. The van der Waals surface area contributed by atoms with Gasteiger partial charge in [0.1, 0.15) is 5.75 Å². The fourth-order valence-electron chi connectivity index (χ4n) is 1.78. The summed E-state index contributed by atoms with van der Waals surface area (Å²) in [6.45, 7) is 8.17. The topological polar surface area (TPSA) is 51.2 Å². The van der Waals surface area contributed by atoms with Crippen LogP contribution in [0.2, 0.25) is 0 Å². The molecule has 5 heteroatoms. The first kappa shape index (κ1) is 15.5. The lowest BCUT2D eigenvalue weighted by Gasteiger charge is -2.08. The number of carbonyl (C=O) groups excluding carboxylic acids is 1. The van der Waals surface area contributed by atoms with Crippen molar-refractivity contribution in [2.24, 2.45) is 0 Å². The number of thiazole rings is 1. The van der Waals surface area contributed by atoms with Gasteiger partial charge in [0.15, 0.2) is 11.7 Å². The highest BCUT2D eigenvalue weighted by Crippen LogP contribution is 2.21. The van der Waals surface area contributed by atoms with Crippen molar-refractivity contribution < 1.29 is 9.53 Å². The molecule has 2 rings (SSSR count). The minimum atomic E-state index is -0.198. The van der Waals surface area contributed by atoms with Crippen molar-refractivity contribution in [3.63, 3.8) is 0 Å². The molecule has 0 saturated heterocycles. The van der Waals surface area contributed by atoms with Crippen LogP contribution in [-0.2, 0) is 4.79 Å². The van der Waals surface area contributed by atoms with Crippen molar-refractivity contribution in [3.8, 4) is 5.75 Å². The molecule has 0 fully saturated rings. The molecule has 1 N–H and O–H groups in total. The summed E-state index contributed by atoms with van der Waals surface area (Å²) >= 11 is 1.47. The minimum Gasteiger partial charge on any atom is -0.484 e. The van der Waals surface area contributed by atoms with Gasteiger partial charge in [-0.2, -0.15) is 0 Å². The van der Waals surface area contributed by atoms with Crippen LogP contribution in [0.1, 0.15) is 35.9 Å². The highest BCUT2D eigenvalue weighted by atomic mass is 32.1. The Labute approximate surface area is 129 Å². The monoisotopic (exact) mass is 304 g/mol. The fraction of sp³-hybridized carbons (Fsp3) is 0.375. The Balaban J connectivity index is 1.86. The second kappa shape index (κ2) is 6.72. The van der Waals surface area contributed by atoms with E-state index in [0.717, 1.165) is 10.6 Å². The van der Waals surface area contributed by atoms with Gasteiger partial charge in [0.2, 0.25) is 0 Å². The number of ether oxygens (including phenoxy) is 1. The number of hydrogen-bond acceptors (Lipinski definition) is 4. The third-order valence-electron chi connectivity index (χ3n) is 3.19. The smallest absolute Gasteiger partial charge is 0.264 e. The number of rotatable bonds is 5. The predicted molar refractivity (Wildman–Crippen MR) is 86.2 cm³/mol. The molecule has 4 nitrogen and oxygen atoms in total. The van der Waals surface area contributed by atoms with E-state index in [0.29, 0.717) is 16.8 Å². The maximum Gasteiger partial charge on any atom is 0.264 e. The van der Waals surface area contributed by atoms with Gasteiger partial charge in [0.05, 0.1) is 5.69 Å². The van der Waals surface area contributed by atoms with E-state index in [9.17, 15) is 4.79 Å². The first-order chi connectivity index (χ1) is 9.95. The quantitative estimate of drug-likeness (QED) is 0.911. The van der Waals surface area contributed by atoms with Crippen LogP contribution in [0.4, 0.5) is 5.13 Å². The van der Waals surface area contributed by atoms with Crippen LogP contribution >= 0.6 is 11.3 Å². The number of aromatic nitrogens is 1. The van der Waals surface area contributed by atoms with E-state index in [1.54, 1.807) is 0 Å². The van der Waals surface area contributed by atoms with Crippen LogP contribution in [-0.4, -0.2) is 17.5 Å². The molecular formula is C16H20N2O2S. The van der Waals surface area contributed by atoms with E-state index in [4.69, 9.17) is 4.74 Å². The summed E-state index contributed by atoms with van der Waals surface area (Å²) in [6, 6.07) is 7.82. The average molecular weight is 304 g/mol. The zero-order valence-electron chi connectivity index (χ0n) is 12.8. The second-order valence-corrected chi connectivity index (χ2v) is 6.42. The normalized spacial score (nSPS) is 10.7. The summed E-state index contributed by atoms with van der Waals surface area (Å²) in [5, 5.41) is 3.37. The molecule has 1 aromatic heterocycles. The maximum atomic E-state index is 11.8. The van der Waals surface area contributed by atoms with Gasteiger partial charge >= 0.3 is 0 Å². The molecule has 0 spiro atoms. The molecular weight excluding hydrogens is 284 g/mol. The molecule has 1 heterocycles. The van der Waals surface area contributed by atoms with Crippen LogP contribution in [0.15, 0.2) is 24.3 Å². The van der Waals surface area contributed by atoms with Crippen molar-refractivity contribution >= 4 is 22.4 Å². The van der Waals surface area contributed by atoms with Gasteiger partial charge in [-0.3, -0.25) is 10.1 Å². The van der Waals surface area contributed by atoms with Crippen molar-refractivity contribution in [1.82, 2.24) is 4.98 Å². The number of carbonyl (C=O) groups is 1. The molecule has 21 heavy (non-hydrogen) atoms. The Hall–Kier alpha value is -1.88. The molecule has 1 amide bonds. The highest BCUT2D eigenvalue weighted by molar-refractivity contribution is 7.15. The van der Waals surface area contributed by atoms with Gasteiger partial charge in [-0.1, -0.05) is 26.0 Å². The van der Waals surface area contributed by atoms with Crippen LogP contribution in [0.5, 0.6) is 5.75 Å². The molecule has 0 aliphatic heterocycles. The van der Waals surface area contributed by atoms with E-state index in [2.05, 4.69) is 24.1 Å². The average Bonchev–Trinajstić information content (AvgIpc) is 2.75. The lowest BCUT2D eigenvalue weighted by molar-refractivity contribution is -0.118. The SMILES string of the molecule is Cc1nc(NC(=O)COc2ccc(C(C)C)cc2)sc1C. The summed E-state index contributed by atoms with van der Waals surface area (Å²) in [7, 11) is 0. The molecule has 0 aliphatic carbocycles. The number of aryl methyl sites for hydroxylation is 2. The summed E-state index contributed by atoms with van der Waals surface area (Å²) in [5.41, 5.74) is 2.20.